The number of carbonyl (C=O) groups is 1. The van der Waals surface area contributed by atoms with E-state index in [1.165, 1.54) is 11.8 Å². The minimum absolute atomic E-state index is 0.538. The van der Waals surface area contributed by atoms with Gasteiger partial charge in [-0.15, -0.1) is 10.2 Å². The number of nitrogens with zero attached hydrogens (tertiary/aromatic N) is 3. The van der Waals surface area contributed by atoms with Crippen LogP contribution in [-0.2, 0) is 11.3 Å². The molecule has 0 amide bonds. The number of hydrogen-bond donors (Lipinski definition) is 1. The van der Waals surface area contributed by atoms with Crippen molar-refractivity contribution < 1.29 is 14.6 Å². The van der Waals surface area contributed by atoms with E-state index in [9.17, 15) is 9.90 Å². The van der Waals surface area contributed by atoms with Crippen molar-refractivity contribution in [3.63, 3.8) is 0 Å². The van der Waals surface area contributed by atoms with E-state index < -0.39 is 11.2 Å². The Balaban J connectivity index is 2.06. The van der Waals surface area contributed by atoms with Crippen molar-refractivity contribution in [2.75, 3.05) is 7.11 Å². The number of ether oxygens (including phenoxy) is 1. The van der Waals surface area contributed by atoms with E-state index in [-0.39, 0.29) is 0 Å². The van der Waals surface area contributed by atoms with Gasteiger partial charge in [0.2, 0.25) is 0 Å². The molecular formula is C19H19N3O3S. The molecule has 0 aliphatic rings. The normalized spacial score (nSPS) is 11.9. The van der Waals surface area contributed by atoms with Gasteiger partial charge in [-0.1, -0.05) is 54.2 Å². The largest absolute Gasteiger partial charge is 0.496 e. The Morgan fingerprint density at radius 1 is 1.15 bits per heavy atom. The van der Waals surface area contributed by atoms with Crippen LogP contribution in [0, 0.1) is 0 Å². The summed E-state index contributed by atoms with van der Waals surface area (Å²) in [5, 5.41) is 17.7. The third-order valence-corrected chi connectivity index (χ3v) is 4.95. The molecule has 3 rings (SSSR count). The number of para-hydroxylation sites is 1. The maximum atomic E-state index is 11.3. The van der Waals surface area contributed by atoms with Gasteiger partial charge in [0.1, 0.15) is 11.0 Å². The van der Waals surface area contributed by atoms with Crippen molar-refractivity contribution in [1.29, 1.82) is 0 Å². The number of carboxylic acids is 1. The van der Waals surface area contributed by atoms with Crippen LogP contribution in [0.25, 0.3) is 11.4 Å². The van der Waals surface area contributed by atoms with Crippen molar-refractivity contribution in [1.82, 2.24) is 14.8 Å². The second kappa shape index (κ2) is 8.05. The third kappa shape index (κ3) is 3.88. The summed E-state index contributed by atoms with van der Waals surface area (Å²) in [5.74, 6) is 0.450. The molecule has 0 bridgehead atoms. The van der Waals surface area contributed by atoms with Gasteiger partial charge in [0, 0.05) is 0 Å². The Hall–Kier alpha value is -2.80. The molecule has 2 aromatic carbocycles. The topological polar surface area (TPSA) is 77.2 Å². The molecule has 0 saturated heterocycles. The first-order chi connectivity index (χ1) is 12.6. The van der Waals surface area contributed by atoms with Crippen LogP contribution in [0.4, 0.5) is 0 Å². The first kappa shape index (κ1) is 18.0. The number of carboxylic acid groups (broad SMARTS) is 1. The van der Waals surface area contributed by atoms with Gasteiger partial charge >= 0.3 is 5.97 Å². The summed E-state index contributed by atoms with van der Waals surface area (Å²) in [6.07, 6.45) is 0. The fourth-order valence-electron chi connectivity index (χ4n) is 2.52. The van der Waals surface area contributed by atoms with Gasteiger partial charge < -0.3 is 9.84 Å². The lowest BCUT2D eigenvalue weighted by Crippen LogP contribution is -2.13. The second-order valence-corrected chi connectivity index (χ2v) is 6.98. The zero-order valence-electron chi connectivity index (χ0n) is 14.5. The Bertz CT molecular complexity index is 896. The summed E-state index contributed by atoms with van der Waals surface area (Å²) in [5.41, 5.74) is 1.89. The molecule has 0 unspecified atom stereocenters. The summed E-state index contributed by atoms with van der Waals surface area (Å²) < 4.78 is 7.38. The number of aliphatic carboxylic acids is 1. The lowest BCUT2D eigenvalue weighted by Gasteiger charge is -2.13. The van der Waals surface area contributed by atoms with E-state index in [0.717, 1.165) is 11.1 Å². The molecule has 1 heterocycles. The number of methoxy groups -OCH3 is 1. The number of hydrogen-bond acceptors (Lipinski definition) is 5. The molecule has 0 radical (unpaired) electrons. The number of rotatable bonds is 7. The minimum atomic E-state index is -0.886. The predicted molar refractivity (Wildman–Crippen MR) is 101 cm³/mol. The zero-order chi connectivity index (χ0) is 18.5. The fraction of sp³-hybridized carbons (Fsp3) is 0.211. The minimum Gasteiger partial charge on any atom is -0.496 e. The van der Waals surface area contributed by atoms with Gasteiger partial charge in [-0.25, -0.2) is 0 Å². The molecule has 0 spiro atoms. The molecular weight excluding hydrogens is 350 g/mol. The molecule has 134 valence electrons. The maximum Gasteiger partial charge on any atom is 0.316 e. The molecule has 26 heavy (non-hydrogen) atoms. The molecule has 1 atom stereocenters. The smallest absolute Gasteiger partial charge is 0.316 e. The summed E-state index contributed by atoms with van der Waals surface area (Å²) in [6.45, 7) is 2.17. The molecule has 1 N–H and O–H groups in total. The molecule has 0 saturated carbocycles. The van der Waals surface area contributed by atoms with Gasteiger partial charge in [0.05, 0.1) is 19.2 Å². The van der Waals surface area contributed by atoms with Gasteiger partial charge in [-0.3, -0.25) is 9.36 Å². The number of thioether (sulfide) groups is 1. The van der Waals surface area contributed by atoms with Crippen LogP contribution in [0.2, 0.25) is 0 Å². The highest BCUT2D eigenvalue weighted by molar-refractivity contribution is 8.00. The molecule has 0 aliphatic carbocycles. The van der Waals surface area contributed by atoms with E-state index in [2.05, 4.69) is 10.2 Å². The van der Waals surface area contributed by atoms with Crippen LogP contribution < -0.4 is 4.74 Å². The van der Waals surface area contributed by atoms with Crippen LogP contribution in [-0.4, -0.2) is 38.2 Å². The predicted octanol–water partition coefficient (Wildman–Crippen LogP) is 3.57. The SMILES string of the molecule is COc1ccccc1-c1nnc(S[C@H](C)C(=O)O)n1Cc1ccccc1. The first-order valence-electron chi connectivity index (χ1n) is 8.10. The van der Waals surface area contributed by atoms with Crippen LogP contribution in [0.1, 0.15) is 12.5 Å². The molecule has 0 aliphatic heterocycles. The third-order valence-electron chi connectivity index (χ3n) is 3.88. The van der Waals surface area contributed by atoms with Crippen LogP contribution in [0.3, 0.4) is 0 Å². The van der Waals surface area contributed by atoms with Crippen molar-refractivity contribution in [2.45, 2.75) is 23.9 Å². The Kier molecular flexibility index (Phi) is 5.58. The van der Waals surface area contributed by atoms with E-state index in [4.69, 9.17) is 4.74 Å². The highest BCUT2D eigenvalue weighted by Crippen LogP contribution is 2.32. The standard InChI is InChI=1S/C19H19N3O3S/c1-13(18(23)24)26-19-21-20-17(15-10-6-7-11-16(15)25-2)22(19)12-14-8-4-3-5-9-14/h3-11,13H,12H2,1-2H3,(H,23,24)/t13-/m1/s1. The quantitative estimate of drug-likeness (QED) is 0.642. The van der Waals surface area contributed by atoms with E-state index in [1.807, 2.05) is 59.2 Å². The molecule has 7 heteroatoms. The van der Waals surface area contributed by atoms with Crippen LogP contribution >= 0.6 is 11.8 Å². The van der Waals surface area contributed by atoms with Gasteiger partial charge in [0.25, 0.3) is 0 Å². The maximum absolute atomic E-state index is 11.3. The molecule has 1 aromatic heterocycles. The summed E-state index contributed by atoms with van der Waals surface area (Å²) in [7, 11) is 1.61. The van der Waals surface area contributed by atoms with Crippen LogP contribution in [0.15, 0.2) is 59.8 Å². The van der Waals surface area contributed by atoms with Crippen molar-refractivity contribution in [3.8, 4) is 17.1 Å². The lowest BCUT2D eigenvalue weighted by atomic mass is 10.1. The van der Waals surface area contributed by atoms with Gasteiger partial charge in [-0.05, 0) is 24.6 Å². The average Bonchev–Trinajstić information content (AvgIpc) is 3.04. The van der Waals surface area contributed by atoms with E-state index in [0.29, 0.717) is 23.3 Å². The fourth-order valence-corrected chi connectivity index (χ4v) is 3.30. The van der Waals surface area contributed by atoms with Gasteiger partial charge in [-0.2, -0.15) is 0 Å². The Labute approximate surface area is 155 Å². The monoisotopic (exact) mass is 369 g/mol. The highest BCUT2D eigenvalue weighted by atomic mass is 32.2. The first-order valence-corrected chi connectivity index (χ1v) is 8.98. The number of benzene rings is 2. The van der Waals surface area contributed by atoms with Gasteiger partial charge in [0.15, 0.2) is 11.0 Å². The molecule has 0 fully saturated rings. The van der Waals surface area contributed by atoms with E-state index >= 15 is 0 Å². The summed E-state index contributed by atoms with van der Waals surface area (Å²) >= 11 is 1.18. The second-order valence-electron chi connectivity index (χ2n) is 5.68. The number of aromatic nitrogens is 3. The Morgan fingerprint density at radius 3 is 2.54 bits per heavy atom. The molecule has 3 aromatic rings. The molecule has 6 nitrogen and oxygen atoms in total. The zero-order valence-corrected chi connectivity index (χ0v) is 15.3. The summed E-state index contributed by atoms with van der Waals surface area (Å²) in [4.78, 5) is 11.3. The van der Waals surface area contributed by atoms with E-state index in [1.54, 1.807) is 14.0 Å². The summed E-state index contributed by atoms with van der Waals surface area (Å²) in [6, 6.07) is 17.5. The highest BCUT2D eigenvalue weighted by Gasteiger charge is 2.21. The van der Waals surface area contributed by atoms with Crippen molar-refractivity contribution >= 4 is 17.7 Å². The average molecular weight is 369 g/mol. The lowest BCUT2D eigenvalue weighted by molar-refractivity contribution is -0.136. The van der Waals surface area contributed by atoms with Crippen molar-refractivity contribution in [3.05, 3.63) is 60.2 Å². The van der Waals surface area contributed by atoms with Crippen molar-refractivity contribution in [2.24, 2.45) is 0 Å². The van der Waals surface area contributed by atoms with Crippen LogP contribution in [0.5, 0.6) is 5.75 Å². The Morgan fingerprint density at radius 2 is 1.85 bits per heavy atom.